The summed E-state index contributed by atoms with van der Waals surface area (Å²) in [7, 11) is 0. The van der Waals surface area contributed by atoms with Crippen LogP contribution in [0.2, 0.25) is 0 Å². The fourth-order valence-electron chi connectivity index (χ4n) is 3.99. The third kappa shape index (κ3) is 3.36. The zero-order valence-electron chi connectivity index (χ0n) is 15.1. The van der Waals surface area contributed by atoms with E-state index in [1.807, 2.05) is 60.7 Å². The first-order valence-electron chi connectivity index (χ1n) is 9.12. The van der Waals surface area contributed by atoms with Crippen molar-refractivity contribution in [3.05, 3.63) is 71.8 Å². The molecule has 136 valence electrons. The van der Waals surface area contributed by atoms with Crippen LogP contribution < -0.4 is 0 Å². The highest BCUT2D eigenvalue weighted by molar-refractivity contribution is 5.87. The van der Waals surface area contributed by atoms with Crippen LogP contribution in [0.15, 0.2) is 60.7 Å². The van der Waals surface area contributed by atoms with Crippen LogP contribution in [0.4, 0.5) is 0 Å². The van der Waals surface area contributed by atoms with E-state index in [0.29, 0.717) is 13.2 Å². The number of rotatable bonds is 6. The predicted molar refractivity (Wildman–Crippen MR) is 98.6 cm³/mol. The lowest BCUT2D eigenvalue weighted by Crippen LogP contribution is -2.52. The standard InChI is InChI=1S/C22H24O4/c1-3-25-21(23)19-17(15-11-7-5-8-12-15)18(16-13-9-6-10-14-16)20(19)22(24)26-4-2/h5-14,17-20H,3-4H2,1-2H3/t17-,18+,19+,20-. The Morgan fingerprint density at radius 2 is 1.04 bits per heavy atom. The van der Waals surface area contributed by atoms with E-state index in [0.717, 1.165) is 11.1 Å². The third-order valence-electron chi connectivity index (χ3n) is 5.03. The number of esters is 2. The van der Waals surface area contributed by atoms with Crippen LogP contribution in [-0.4, -0.2) is 25.2 Å². The second kappa shape index (κ2) is 8.17. The molecule has 2 aromatic carbocycles. The summed E-state index contributed by atoms with van der Waals surface area (Å²) in [5.74, 6) is -1.92. The fraction of sp³-hybridized carbons (Fsp3) is 0.364. The van der Waals surface area contributed by atoms with Gasteiger partial charge in [0, 0.05) is 11.8 Å². The van der Waals surface area contributed by atoms with E-state index in [4.69, 9.17) is 9.47 Å². The number of carbonyl (C=O) groups excluding carboxylic acids is 2. The van der Waals surface area contributed by atoms with Gasteiger partial charge in [-0.2, -0.15) is 0 Å². The SMILES string of the molecule is CCOC(=O)[C@@H]1[C@H](C(=O)OCC)[C@@H](c2ccccc2)[C@H]1c1ccccc1. The quantitative estimate of drug-likeness (QED) is 0.739. The maximum absolute atomic E-state index is 12.7. The van der Waals surface area contributed by atoms with Crippen LogP contribution in [0.25, 0.3) is 0 Å². The molecule has 1 fully saturated rings. The molecule has 0 aliphatic heterocycles. The molecule has 2 aromatic rings. The molecular formula is C22H24O4. The van der Waals surface area contributed by atoms with Crippen molar-refractivity contribution < 1.29 is 19.1 Å². The maximum Gasteiger partial charge on any atom is 0.310 e. The predicted octanol–water partition coefficient (Wildman–Crippen LogP) is 3.93. The molecular weight excluding hydrogens is 328 g/mol. The van der Waals surface area contributed by atoms with Crippen molar-refractivity contribution in [3.8, 4) is 0 Å². The first-order chi connectivity index (χ1) is 12.7. The van der Waals surface area contributed by atoms with Gasteiger partial charge < -0.3 is 9.47 Å². The van der Waals surface area contributed by atoms with Gasteiger partial charge in [-0.1, -0.05) is 60.7 Å². The van der Waals surface area contributed by atoms with Gasteiger partial charge in [-0.25, -0.2) is 0 Å². The van der Waals surface area contributed by atoms with Crippen LogP contribution in [0.1, 0.15) is 36.8 Å². The molecule has 0 unspecified atom stereocenters. The van der Waals surface area contributed by atoms with Crippen molar-refractivity contribution in [2.24, 2.45) is 11.8 Å². The maximum atomic E-state index is 12.7. The first-order valence-corrected chi connectivity index (χ1v) is 9.12. The lowest BCUT2D eigenvalue weighted by Gasteiger charge is -2.49. The molecule has 0 amide bonds. The van der Waals surface area contributed by atoms with Crippen molar-refractivity contribution in [2.45, 2.75) is 25.7 Å². The summed E-state index contributed by atoms with van der Waals surface area (Å²) in [6.45, 7) is 4.15. The van der Waals surface area contributed by atoms with Crippen molar-refractivity contribution in [1.82, 2.24) is 0 Å². The summed E-state index contributed by atoms with van der Waals surface area (Å²) in [4.78, 5) is 25.4. The second-order valence-corrected chi connectivity index (χ2v) is 6.43. The Kier molecular flexibility index (Phi) is 5.71. The van der Waals surface area contributed by atoms with Gasteiger partial charge >= 0.3 is 11.9 Å². The Morgan fingerprint density at radius 3 is 1.35 bits per heavy atom. The van der Waals surface area contributed by atoms with Crippen molar-refractivity contribution in [1.29, 1.82) is 0 Å². The van der Waals surface area contributed by atoms with Crippen LogP contribution in [-0.2, 0) is 19.1 Å². The number of benzene rings is 2. The summed E-state index contributed by atoms with van der Waals surface area (Å²) < 4.78 is 10.6. The minimum absolute atomic E-state index is 0.105. The van der Waals surface area contributed by atoms with E-state index in [1.165, 1.54) is 0 Å². The molecule has 0 radical (unpaired) electrons. The highest BCUT2D eigenvalue weighted by Crippen LogP contribution is 2.58. The third-order valence-corrected chi connectivity index (χ3v) is 5.03. The van der Waals surface area contributed by atoms with E-state index in [-0.39, 0.29) is 23.8 Å². The largest absolute Gasteiger partial charge is 0.466 e. The molecule has 0 spiro atoms. The molecule has 4 nitrogen and oxygen atoms in total. The zero-order chi connectivity index (χ0) is 18.5. The topological polar surface area (TPSA) is 52.6 Å². The lowest BCUT2D eigenvalue weighted by molar-refractivity contribution is -0.171. The molecule has 0 N–H and O–H groups in total. The van der Waals surface area contributed by atoms with E-state index >= 15 is 0 Å². The van der Waals surface area contributed by atoms with Crippen molar-refractivity contribution >= 4 is 11.9 Å². The van der Waals surface area contributed by atoms with E-state index in [2.05, 4.69) is 0 Å². The molecule has 4 heteroatoms. The Balaban J connectivity index is 2.04. The zero-order valence-corrected chi connectivity index (χ0v) is 15.1. The van der Waals surface area contributed by atoms with Crippen LogP contribution in [0.3, 0.4) is 0 Å². The van der Waals surface area contributed by atoms with Gasteiger partial charge in [-0.15, -0.1) is 0 Å². The Labute approximate surface area is 154 Å². The van der Waals surface area contributed by atoms with Crippen LogP contribution in [0.5, 0.6) is 0 Å². The first kappa shape index (κ1) is 18.2. The van der Waals surface area contributed by atoms with Gasteiger partial charge in [0.1, 0.15) is 0 Å². The number of ether oxygens (including phenoxy) is 2. The van der Waals surface area contributed by atoms with Gasteiger partial charge in [-0.3, -0.25) is 9.59 Å². The number of carbonyl (C=O) groups is 2. The summed E-state index contributed by atoms with van der Waals surface area (Å²) in [6, 6.07) is 19.7. The number of hydrogen-bond acceptors (Lipinski definition) is 4. The summed E-state index contributed by atoms with van der Waals surface area (Å²) in [5.41, 5.74) is 2.08. The Bertz CT molecular complexity index is 676. The highest BCUT2D eigenvalue weighted by Gasteiger charge is 2.59. The van der Waals surface area contributed by atoms with Gasteiger partial charge in [0.2, 0.25) is 0 Å². The molecule has 0 bridgehead atoms. The van der Waals surface area contributed by atoms with Gasteiger partial charge in [0.15, 0.2) is 0 Å². The molecule has 0 heterocycles. The van der Waals surface area contributed by atoms with Crippen molar-refractivity contribution in [3.63, 3.8) is 0 Å². The van der Waals surface area contributed by atoms with E-state index in [9.17, 15) is 9.59 Å². The van der Waals surface area contributed by atoms with Crippen molar-refractivity contribution in [2.75, 3.05) is 13.2 Å². The molecule has 1 aliphatic carbocycles. The minimum Gasteiger partial charge on any atom is -0.466 e. The fourth-order valence-corrected chi connectivity index (χ4v) is 3.99. The Hall–Kier alpha value is -2.62. The van der Waals surface area contributed by atoms with Gasteiger partial charge in [-0.05, 0) is 25.0 Å². The average molecular weight is 352 g/mol. The average Bonchev–Trinajstić information content (AvgIpc) is 2.63. The van der Waals surface area contributed by atoms with Gasteiger partial charge in [0.25, 0.3) is 0 Å². The molecule has 4 atom stereocenters. The van der Waals surface area contributed by atoms with E-state index < -0.39 is 11.8 Å². The smallest absolute Gasteiger partial charge is 0.310 e. The highest BCUT2D eigenvalue weighted by atomic mass is 16.5. The number of hydrogen-bond donors (Lipinski definition) is 0. The molecule has 1 saturated carbocycles. The molecule has 0 aromatic heterocycles. The molecule has 26 heavy (non-hydrogen) atoms. The molecule has 3 rings (SSSR count). The molecule has 0 saturated heterocycles. The normalized spacial score (nSPS) is 24.4. The van der Waals surface area contributed by atoms with E-state index in [1.54, 1.807) is 13.8 Å². The van der Waals surface area contributed by atoms with Crippen LogP contribution >= 0.6 is 0 Å². The monoisotopic (exact) mass is 352 g/mol. The van der Waals surface area contributed by atoms with Crippen LogP contribution in [0, 0.1) is 11.8 Å². The summed E-state index contributed by atoms with van der Waals surface area (Å²) in [5, 5.41) is 0. The summed E-state index contributed by atoms with van der Waals surface area (Å²) >= 11 is 0. The second-order valence-electron chi connectivity index (χ2n) is 6.43. The lowest BCUT2D eigenvalue weighted by atomic mass is 9.52. The Morgan fingerprint density at radius 1 is 0.692 bits per heavy atom. The minimum atomic E-state index is -0.526. The summed E-state index contributed by atoms with van der Waals surface area (Å²) in [6.07, 6.45) is 0. The molecule has 1 aliphatic rings. The van der Waals surface area contributed by atoms with Gasteiger partial charge in [0.05, 0.1) is 25.0 Å².